The SMILES string of the molecule is CN=C(NCc1nccn1CCc1ccccc1)NCC1(c2cccc(F)c2)CC1.I. The Labute approximate surface area is 200 Å². The van der Waals surface area contributed by atoms with Crippen LogP contribution >= 0.6 is 24.0 Å². The standard InChI is InChI=1S/C24H28FN5.HI/c1-26-23(29-18-24(11-12-24)20-8-5-9-21(25)16-20)28-17-22-27-13-15-30(22)14-10-19-6-3-2-4-7-19;/h2-9,13,15-16H,10-12,14,17-18H2,1H3,(H2,26,28,29);1H. The molecule has 1 aliphatic carbocycles. The molecule has 4 rings (SSSR count). The molecule has 1 heterocycles. The molecule has 164 valence electrons. The zero-order valence-electron chi connectivity index (χ0n) is 17.7. The Kier molecular flexibility index (Phi) is 8.06. The lowest BCUT2D eigenvalue weighted by Crippen LogP contribution is -2.41. The maximum atomic E-state index is 13.6. The molecule has 0 amide bonds. The van der Waals surface area contributed by atoms with E-state index in [0.29, 0.717) is 6.54 Å². The number of aromatic nitrogens is 2. The van der Waals surface area contributed by atoms with Crippen molar-refractivity contribution in [3.05, 3.63) is 89.8 Å². The molecule has 7 heteroatoms. The molecule has 0 spiro atoms. The van der Waals surface area contributed by atoms with Crippen LogP contribution in [0.2, 0.25) is 0 Å². The molecule has 1 aromatic heterocycles. The number of nitrogens with zero attached hydrogens (tertiary/aromatic N) is 3. The quantitative estimate of drug-likeness (QED) is 0.258. The fourth-order valence-corrected chi connectivity index (χ4v) is 3.78. The number of benzene rings is 2. The molecule has 0 unspecified atom stereocenters. The van der Waals surface area contributed by atoms with E-state index >= 15 is 0 Å². The topological polar surface area (TPSA) is 54.2 Å². The third-order valence-corrected chi connectivity index (χ3v) is 5.81. The summed E-state index contributed by atoms with van der Waals surface area (Å²) in [5.74, 6) is 1.53. The van der Waals surface area contributed by atoms with Crippen LogP contribution in [-0.2, 0) is 24.9 Å². The summed E-state index contributed by atoms with van der Waals surface area (Å²) in [5, 5.41) is 6.76. The van der Waals surface area contributed by atoms with Crippen LogP contribution in [0.4, 0.5) is 4.39 Å². The Bertz CT molecular complexity index is 998. The number of rotatable bonds is 8. The van der Waals surface area contributed by atoms with Crippen molar-refractivity contribution in [1.82, 2.24) is 20.2 Å². The Morgan fingerprint density at radius 3 is 2.65 bits per heavy atom. The minimum atomic E-state index is -0.177. The van der Waals surface area contributed by atoms with Gasteiger partial charge in [0, 0.05) is 37.9 Å². The molecule has 0 radical (unpaired) electrons. The second-order valence-electron chi connectivity index (χ2n) is 7.84. The zero-order chi connectivity index (χ0) is 20.8. The number of imidazole rings is 1. The van der Waals surface area contributed by atoms with Crippen LogP contribution in [0.25, 0.3) is 0 Å². The largest absolute Gasteiger partial charge is 0.356 e. The molecular formula is C24H29FIN5. The zero-order valence-corrected chi connectivity index (χ0v) is 20.1. The monoisotopic (exact) mass is 533 g/mol. The van der Waals surface area contributed by atoms with Crippen molar-refractivity contribution in [2.75, 3.05) is 13.6 Å². The van der Waals surface area contributed by atoms with Gasteiger partial charge >= 0.3 is 0 Å². The molecule has 0 bridgehead atoms. The van der Waals surface area contributed by atoms with Crippen molar-refractivity contribution in [3.63, 3.8) is 0 Å². The maximum Gasteiger partial charge on any atom is 0.191 e. The summed E-state index contributed by atoms with van der Waals surface area (Å²) in [5.41, 5.74) is 2.38. The van der Waals surface area contributed by atoms with Gasteiger partial charge in [-0.25, -0.2) is 9.37 Å². The molecule has 1 fully saturated rings. The summed E-state index contributed by atoms with van der Waals surface area (Å²) in [6.45, 7) is 2.21. The lowest BCUT2D eigenvalue weighted by molar-refractivity contribution is 0.603. The highest BCUT2D eigenvalue weighted by Gasteiger charge is 2.44. The number of hydrogen-bond acceptors (Lipinski definition) is 2. The van der Waals surface area contributed by atoms with E-state index in [-0.39, 0.29) is 35.2 Å². The average molecular weight is 533 g/mol. The van der Waals surface area contributed by atoms with Gasteiger partial charge in [0.15, 0.2) is 5.96 Å². The van der Waals surface area contributed by atoms with E-state index in [2.05, 4.69) is 49.4 Å². The van der Waals surface area contributed by atoms with Crippen LogP contribution in [0, 0.1) is 5.82 Å². The third-order valence-electron chi connectivity index (χ3n) is 5.81. The van der Waals surface area contributed by atoms with E-state index in [1.165, 1.54) is 11.6 Å². The van der Waals surface area contributed by atoms with Crippen LogP contribution in [0.5, 0.6) is 0 Å². The van der Waals surface area contributed by atoms with E-state index in [1.807, 2.05) is 24.5 Å². The summed E-state index contributed by atoms with van der Waals surface area (Å²) in [4.78, 5) is 8.83. The molecule has 31 heavy (non-hydrogen) atoms. The number of hydrogen-bond donors (Lipinski definition) is 2. The fourth-order valence-electron chi connectivity index (χ4n) is 3.78. The minimum absolute atomic E-state index is 0. The van der Waals surface area contributed by atoms with Crippen molar-refractivity contribution in [2.24, 2.45) is 4.99 Å². The predicted molar refractivity (Wildman–Crippen MR) is 133 cm³/mol. The van der Waals surface area contributed by atoms with Gasteiger partial charge in [0.05, 0.1) is 6.54 Å². The normalized spacial score (nSPS) is 14.6. The summed E-state index contributed by atoms with van der Waals surface area (Å²) < 4.78 is 15.8. The van der Waals surface area contributed by atoms with E-state index in [4.69, 9.17) is 0 Å². The van der Waals surface area contributed by atoms with E-state index < -0.39 is 0 Å². The molecule has 2 N–H and O–H groups in total. The summed E-state index contributed by atoms with van der Waals surface area (Å²) in [6.07, 6.45) is 6.93. The molecule has 5 nitrogen and oxygen atoms in total. The first-order chi connectivity index (χ1) is 14.7. The summed E-state index contributed by atoms with van der Waals surface area (Å²) in [6, 6.07) is 17.4. The predicted octanol–water partition coefficient (Wildman–Crippen LogP) is 4.28. The molecule has 1 aliphatic rings. The van der Waals surface area contributed by atoms with Crippen molar-refractivity contribution >= 4 is 29.9 Å². The van der Waals surface area contributed by atoms with Crippen LogP contribution in [0.1, 0.15) is 29.8 Å². The number of aliphatic imine (C=N–C) groups is 1. The van der Waals surface area contributed by atoms with Gasteiger partial charge in [-0.05, 0) is 42.5 Å². The summed E-state index contributed by atoms with van der Waals surface area (Å²) >= 11 is 0. The molecule has 0 atom stereocenters. The minimum Gasteiger partial charge on any atom is -0.356 e. The van der Waals surface area contributed by atoms with Crippen molar-refractivity contribution in [3.8, 4) is 0 Å². The van der Waals surface area contributed by atoms with Gasteiger partial charge in [-0.2, -0.15) is 0 Å². The van der Waals surface area contributed by atoms with Crippen molar-refractivity contribution < 1.29 is 4.39 Å². The molecule has 1 saturated carbocycles. The lowest BCUT2D eigenvalue weighted by Gasteiger charge is -2.19. The summed E-state index contributed by atoms with van der Waals surface area (Å²) in [7, 11) is 1.76. The van der Waals surface area contributed by atoms with Crippen LogP contribution < -0.4 is 10.6 Å². The first kappa shape index (κ1) is 23.2. The van der Waals surface area contributed by atoms with Gasteiger partial charge < -0.3 is 15.2 Å². The highest BCUT2D eigenvalue weighted by Crippen LogP contribution is 2.47. The van der Waals surface area contributed by atoms with E-state index in [0.717, 1.165) is 49.7 Å². The highest BCUT2D eigenvalue weighted by atomic mass is 127. The van der Waals surface area contributed by atoms with Gasteiger partial charge in [-0.1, -0.05) is 42.5 Å². The van der Waals surface area contributed by atoms with Crippen LogP contribution in [0.3, 0.4) is 0 Å². The molecule has 2 aromatic carbocycles. The third kappa shape index (κ3) is 6.06. The smallest absolute Gasteiger partial charge is 0.191 e. The first-order valence-corrected chi connectivity index (χ1v) is 10.4. The lowest BCUT2D eigenvalue weighted by atomic mass is 9.96. The highest BCUT2D eigenvalue weighted by molar-refractivity contribution is 14.0. The Balaban J connectivity index is 0.00000272. The molecular weight excluding hydrogens is 504 g/mol. The Morgan fingerprint density at radius 2 is 1.94 bits per heavy atom. The number of guanidine groups is 1. The first-order valence-electron chi connectivity index (χ1n) is 10.4. The average Bonchev–Trinajstić information content (AvgIpc) is 3.44. The van der Waals surface area contributed by atoms with Crippen molar-refractivity contribution in [2.45, 2.75) is 37.8 Å². The van der Waals surface area contributed by atoms with Gasteiger partial charge in [-0.15, -0.1) is 24.0 Å². The van der Waals surface area contributed by atoms with Gasteiger partial charge in [0.25, 0.3) is 0 Å². The number of nitrogens with one attached hydrogen (secondary N) is 2. The molecule has 0 aliphatic heterocycles. The molecule has 0 saturated heterocycles. The van der Waals surface area contributed by atoms with Gasteiger partial charge in [0.2, 0.25) is 0 Å². The van der Waals surface area contributed by atoms with E-state index in [1.54, 1.807) is 19.2 Å². The number of halogens is 2. The van der Waals surface area contributed by atoms with Gasteiger partial charge in [0.1, 0.15) is 11.6 Å². The van der Waals surface area contributed by atoms with Gasteiger partial charge in [-0.3, -0.25) is 4.99 Å². The maximum absolute atomic E-state index is 13.6. The second kappa shape index (κ2) is 10.7. The van der Waals surface area contributed by atoms with Crippen LogP contribution in [-0.4, -0.2) is 29.1 Å². The number of aryl methyl sites for hydroxylation is 2. The van der Waals surface area contributed by atoms with Crippen molar-refractivity contribution in [1.29, 1.82) is 0 Å². The second-order valence-corrected chi connectivity index (χ2v) is 7.84. The fraction of sp³-hybridized carbons (Fsp3) is 0.333. The van der Waals surface area contributed by atoms with E-state index in [9.17, 15) is 4.39 Å². The molecule has 3 aromatic rings. The Hall–Kier alpha value is -2.42. The van der Waals surface area contributed by atoms with Crippen LogP contribution in [0.15, 0.2) is 72.0 Å². The Morgan fingerprint density at radius 1 is 1.13 bits per heavy atom.